The van der Waals surface area contributed by atoms with Crippen molar-refractivity contribution in [3.8, 4) is 0 Å². The Morgan fingerprint density at radius 3 is 2.86 bits per heavy atom. The summed E-state index contributed by atoms with van der Waals surface area (Å²) in [4.78, 5) is 0. The predicted molar refractivity (Wildman–Crippen MR) is 50.7 cm³/mol. The zero-order valence-electron chi connectivity index (χ0n) is 7.46. The van der Waals surface area contributed by atoms with Gasteiger partial charge in [-0.2, -0.15) is 5.10 Å². The van der Waals surface area contributed by atoms with Crippen LogP contribution in [-0.4, -0.2) is 16.2 Å². The maximum atomic E-state index is 12.3. The van der Waals surface area contributed by atoms with Gasteiger partial charge in [0.15, 0.2) is 0 Å². The molecule has 0 amide bonds. The molecule has 0 aromatic carbocycles. The molecular formula is C8H12ClF2N3. The highest BCUT2D eigenvalue weighted by molar-refractivity contribution is 5.85. The molecule has 2 N–H and O–H groups in total. The third-order valence-electron chi connectivity index (χ3n) is 2.13. The second-order valence-electron chi connectivity index (χ2n) is 3.26. The number of nitrogens with zero attached hydrogens (tertiary/aromatic N) is 1. The van der Waals surface area contributed by atoms with E-state index in [1.54, 1.807) is 0 Å². The summed E-state index contributed by atoms with van der Waals surface area (Å²) in [6.07, 6.45) is 1.30. The highest BCUT2D eigenvalue weighted by atomic mass is 35.5. The van der Waals surface area contributed by atoms with Crippen LogP contribution in [0.2, 0.25) is 0 Å². The average molecular weight is 224 g/mol. The van der Waals surface area contributed by atoms with Crippen LogP contribution in [0, 0.1) is 0 Å². The van der Waals surface area contributed by atoms with E-state index in [0.717, 1.165) is 12.8 Å². The Morgan fingerprint density at radius 1 is 1.57 bits per heavy atom. The van der Waals surface area contributed by atoms with Gasteiger partial charge in [0.1, 0.15) is 5.69 Å². The molecule has 0 radical (unpaired) electrons. The van der Waals surface area contributed by atoms with Crippen molar-refractivity contribution in [3.63, 3.8) is 0 Å². The molecule has 0 spiro atoms. The minimum atomic E-state index is -2.46. The SMILES string of the molecule is Cl.FC(F)c1[nH]ncc1CNC1CC1. The van der Waals surface area contributed by atoms with Crippen molar-refractivity contribution in [2.45, 2.75) is 31.9 Å². The lowest BCUT2D eigenvalue weighted by molar-refractivity contribution is 0.144. The van der Waals surface area contributed by atoms with E-state index >= 15 is 0 Å². The van der Waals surface area contributed by atoms with Crippen molar-refractivity contribution >= 4 is 12.4 Å². The Balaban J connectivity index is 0.000000980. The van der Waals surface area contributed by atoms with Gasteiger partial charge >= 0.3 is 0 Å². The van der Waals surface area contributed by atoms with E-state index in [2.05, 4.69) is 15.5 Å². The van der Waals surface area contributed by atoms with Crippen LogP contribution in [-0.2, 0) is 6.54 Å². The van der Waals surface area contributed by atoms with Gasteiger partial charge in [-0.15, -0.1) is 12.4 Å². The fourth-order valence-electron chi connectivity index (χ4n) is 1.19. The first-order chi connectivity index (χ1) is 6.27. The van der Waals surface area contributed by atoms with Crippen LogP contribution in [0.15, 0.2) is 6.20 Å². The standard InChI is InChI=1S/C8H11F2N3.ClH/c9-8(10)7-5(4-12-13-7)3-11-6-1-2-6;/h4,6,8,11H,1-3H2,(H,12,13);1H. The Morgan fingerprint density at radius 2 is 2.29 bits per heavy atom. The first-order valence-corrected chi connectivity index (χ1v) is 4.31. The molecule has 3 nitrogen and oxygen atoms in total. The predicted octanol–water partition coefficient (Wildman–Crippen LogP) is 2.02. The third-order valence-corrected chi connectivity index (χ3v) is 2.13. The summed E-state index contributed by atoms with van der Waals surface area (Å²) in [5, 5.41) is 9.07. The van der Waals surface area contributed by atoms with Crippen LogP contribution in [0.25, 0.3) is 0 Å². The van der Waals surface area contributed by atoms with Crippen LogP contribution in [0.1, 0.15) is 30.5 Å². The minimum absolute atomic E-state index is 0. The molecule has 14 heavy (non-hydrogen) atoms. The molecule has 0 aliphatic heterocycles. The van der Waals surface area contributed by atoms with Crippen molar-refractivity contribution < 1.29 is 8.78 Å². The second-order valence-corrected chi connectivity index (χ2v) is 3.26. The number of hydrogen-bond acceptors (Lipinski definition) is 2. The van der Waals surface area contributed by atoms with Crippen LogP contribution in [0.5, 0.6) is 0 Å². The molecule has 2 rings (SSSR count). The molecule has 80 valence electrons. The van der Waals surface area contributed by atoms with Gasteiger partial charge in [-0.1, -0.05) is 0 Å². The molecular weight excluding hydrogens is 212 g/mol. The van der Waals surface area contributed by atoms with Crippen molar-refractivity contribution in [2.24, 2.45) is 0 Å². The van der Waals surface area contributed by atoms with E-state index in [1.807, 2.05) is 0 Å². The van der Waals surface area contributed by atoms with Crippen LogP contribution in [0.3, 0.4) is 0 Å². The first kappa shape index (κ1) is 11.4. The van der Waals surface area contributed by atoms with Crippen molar-refractivity contribution in [2.75, 3.05) is 0 Å². The number of halogens is 3. The van der Waals surface area contributed by atoms with Gasteiger partial charge in [0.05, 0.1) is 6.20 Å². The van der Waals surface area contributed by atoms with Gasteiger partial charge in [0, 0.05) is 18.2 Å². The van der Waals surface area contributed by atoms with E-state index in [1.165, 1.54) is 6.20 Å². The largest absolute Gasteiger partial charge is 0.310 e. The number of aromatic nitrogens is 2. The van der Waals surface area contributed by atoms with Crippen molar-refractivity contribution in [1.29, 1.82) is 0 Å². The molecule has 1 heterocycles. The molecule has 0 bridgehead atoms. The summed E-state index contributed by atoms with van der Waals surface area (Å²) in [6, 6.07) is 0.528. The molecule has 0 atom stereocenters. The average Bonchev–Trinajstić information content (AvgIpc) is 2.79. The fourth-order valence-corrected chi connectivity index (χ4v) is 1.19. The monoisotopic (exact) mass is 223 g/mol. The van der Waals surface area contributed by atoms with Gasteiger partial charge in [0.2, 0.25) is 0 Å². The lowest BCUT2D eigenvalue weighted by Crippen LogP contribution is -2.15. The van der Waals surface area contributed by atoms with E-state index in [-0.39, 0.29) is 18.1 Å². The Kier molecular flexibility index (Phi) is 3.83. The smallest absolute Gasteiger partial charge is 0.280 e. The van der Waals surface area contributed by atoms with E-state index in [4.69, 9.17) is 0 Å². The number of rotatable bonds is 4. The summed E-state index contributed by atoms with van der Waals surface area (Å²) in [5.41, 5.74) is 0.509. The molecule has 1 saturated carbocycles. The van der Waals surface area contributed by atoms with E-state index in [9.17, 15) is 8.78 Å². The second kappa shape index (κ2) is 4.70. The van der Waals surface area contributed by atoms with Crippen molar-refractivity contribution in [1.82, 2.24) is 15.5 Å². The zero-order valence-corrected chi connectivity index (χ0v) is 8.28. The summed E-state index contributed by atoms with van der Waals surface area (Å²) in [6.45, 7) is 0.487. The molecule has 1 fully saturated rings. The minimum Gasteiger partial charge on any atom is -0.310 e. The van der Waals surface area contributed by atoms with Crippen LogP contribution < -0.4 is 5.32 Å². The Bertz CT molecular complexity index is 286. The van der Waals surface area contributed by atoms with Crippen LogP contribution in [0.4, 0.5) is 8.78 Å². The number of nitrogens with one attached hydrogen (secondary N) is 2. The van der Waals surface area contributed by atoms with E-state index in [0.29, 0.717) is 18.2 Å². The highest BCUT2D eigenvalue weighted by Gasteiger charge is 2.22. The Hall–Kier alpha value is -0.680. The first-order valence-electron chi connectivity index (χ1n) is 4.31. The van der Waals surface area contributed by atoms with E-state index < -0.39 is 6.43 Å². The molecule has 0 unspecified atom stereocenters. The van der Waals surface area contributed by atoms with Gasteiger partial charge in [-0.25, -0.2) is 8.78 Å². The van der Waals surface area contributed by atoms with Crippen LogP contribution >= 0.6 is 12.4 Å². The molecule has 1 aromatic rings. The summed E-state index contributed by atoms with van der Waals surface area (Å²) in [7, 11) is 0. The normalized spacial score (nSPS) is 15.6. The summed E-state index contributed by atoms with van der Waals surface area (Å²) >= 11 is 0. The summed E-state index contributed by atoms with van der Waals surface area (Å²) < 4.78 is 24.6. The lowest BCUT2D eigenvalue weighted by Gasteiger charge is -2.02. The molecule has 1 aliphatic carbocycles. The lowest BCUT2D eigenvalue weighted by atomic mass is 10.2. The molecule has 1 aromatic heterocycles. The van der Waals surface area contributed by atoms with Gasteiger partial charge in [-0.3, -0.25) is 5.10 Å². The molecule has 6 heteroatoms. The van der Waals surface area contributed by atoms with Gasteiger partial charge in [-0.05, 0) is 12.8 Å². The third kappa shape index (κ3) is 2.65. The Labute approximate surface area is 86.7 Å². The number of hydrogen-bond donors (Lipinski definition) is 2. The highest BCUT2D eigenvalue weighted by Crippen LogP contribution is 2.22. The van der Waals surface area contributed by atoms with Gasteiger partial charge < -0.3 is 5.32 Å². The maximum absolute atomic E-state index is 12.3. The quantitative estimate of drug-likeness (QED) is 0.820. The summed E-state index contributed by atoms with van der Waals surface area (Å²) in [5.74, 6) is 0. The number of H-pyrrole nitrogens is 1. The molecule has 0 saturated heterocycles. The molecule has 1 aliphatic rings. The number of alkyl halides is 2. The van der Waals surface area contributed by atoms with Gasteiger partial charge in [0.25, 0.3) is 6.43 Å². The zero-order chi connectivity index (χ0) is 9.26. The van der Waals surface area contributed by atoms with Crippen molar-refractivity contribution in [3.05, 3.63) is 17.5 Å². The fraction of sp³-hybridized carbons (Fsp3) is 0.625. The maximum Gasteiger partial charge on any atom is 0.280 e. The number of aromatic amines is 1. The topological polar surface area (TPSA) is 40.7 Å².